The van der Waals surface area contributed by atoms with E-state index < -0.39 is 0 Å². The monoisotopic (exact) mass is 233 g/mol. The van der Waals surface area contributed by atoms with Crippen LogP contribution >= 0.6 is 0 Å². The smallest absolute Gasteiger partial charge is 0.0599 e. The SMILES string of the molecule is CC(C)Cc1ccc(C2CCCCN2O)cc1. The summed E-state index contributed by atoms with van der Waals surface area (Å²) in [6.07, 6.45) is 4.53. The molecule has 0 amide bonds. The van der Waals surface area contributed by atoms with Crippen LogP contribution in [0.5, 0.6) is 0 Å². The van der Waals surface area contributed by atoms with Crippen LogP contribution in [0, 0.1) is 5.92 Å². The molecule has 1 unspecified atom stereocenters. The molecule has 1 aliphatic heterocycles. The van der Waals surface area contributed by atoms with Gasteiger partial charge in [0.25, 0.3) is 0 Å². The maximum absolute atomic E-state index is 9.87. The minimum atomic E-state index is 0.205. The van der Waals surface area contributed by atoms with E-state index in [1.54, 1.807) is 0 Å². The molecular formula is C15H23NO. The molecule has 2 rings (SSSR count). The van der Waals surface area contributed by atoms with Crippen molar-refractivity contribution in [2.75, 3.05) is 6.54 Å². The highest BCUT2D eigenvalue weighted by atomic mass is 16.5. The Morgan fingerprint density at radius 1 is 1.24 bits per heavy atom. The number of hydrogen-bond donors (Lipinski definition) is 1. The highest BCUT2D eigenvalue weighted by Gasteiger charge is 2.22. The molecule has 1 N–H and O–H groups in total. The van der Waals surface area contributed by atoms with Gasteiger partial charge in [-0.3, -0.25) is 0 Å². The summed E-state index contributed by atoms with van der Waals surface area (Å²) in [6.45, 7) is 5.29. The van der Waals surface area contributed by atoms with Crippen LogP contribution in [0.1, 0.15) is 50.3 Å². The fraction of sp³-hybridized carbons (Fsp3) is 0.600. The lowest BCUT2D eigenvalue weighted by molar-refractivity contribution is -0.143. The molecule has 1 aromatic carbocycles. The predicted molar refractivity (Wildman–Crippen MR) is 70.1 cm³/mol. The Hall–Kier alpha value is -0.860. The zero-order valence-corrected chi connectivity index (χ0v) is 10.9. The van der Waals surface area contributed by atoms with Crippen molar-refractivity contribution in [2.24, 2.45) is 5.92 Å². The van der Waals surface area contributed by atoms with E-state index in [0.29, 0.717) is 5.92 Å². The van der Waals surface area contributed by atoms with Gasteiger partial charge >= 0.3 is 0 Å². The Labute approximate surface area is 104 Å². The van der Waals surface area contributed by atoms with Crippen molar-refractivity contribution in [3.63, 3.8) is 0 Å². The molecule has 0 saturated carbocycles. The van der Waals surface area contributed by atoms with Gasteiger partial charge in [-0.15, -0.1) is 0 Å². The van der Waals surface area contributed by atoms with Crippen molar-refractivity contribution in [3.8, 4) is 0 Å². The Morgan fingerprint density at radius 2 is 1.94 bits per heavy atom. The van der Waals surface area contributed by atoms with Gasteiger partial charge in [-0.05, 0) is 36.3 Å². The van der Waals surface area contributed by atoms with E-state index in [1.807, 2.05) is 0 Å². The van der Waals surface area contributed by atoms with Gasteiger partial charge in [0.15, 0.2) is 0 Å². The van der Waals surface area contributed by atoms with Gasteiger partial charge in [0, 0.05) is 6.54 Å². The van der Waals surface area contributed by atoms with E-state index in [4.69, 9.17) is 0 Å². The molecule has 2 nitrogen and oxygen atoms in total. The second-order valence-electron chi connectivity index (χ2n) is 5.51. The summed E-state index contributed by atoms with van der Waals surface area (Å²) in [4.78, 5) is 0. The zero-order chi connectivity index (χ0) is 12.3. The molecule has 0 radical (unpaired) electrons. The molecule has 1 saturated heterocycles. The summed E-state index contributed by atoms with van der Waals surface area (Å²) in [5.41, 5.74) is 2.64. The molecule has 0 bridgehead atoms. The number of rotatable bonds is 3. The van der Waals surface area contributed by atoms with Gasteiger partial charge < -0.3 is 5.21 Å². The number of hydrogen-bond acceptors (Lipinski definition) is 2. The first-order chi connectivity index (χ1) is 8.16. The summed E-state index contributed by atoms with van der Waals surface area (Å²) >= 11 is 0. The molecule has 1 aromatic rings. The van der Waals surface area contributed by atoms with Crippen LogP contribution in [-0.4, -0.2) is 16.8 Å². The summed E-state index contributed by atoms with van der Waals surface area (Å²) in [7, 11) is 0. The molecule has 0 aromatic heterocycles. The normalized spacial score (nSPS) is 22.0. The average Bonchev–Trinajstić information content (AvgIpc) is 2.30. The average molecular weight is 233 g/mol. The van der Waals surface area contributed by atoms with Crippen molar-refractivity contribution < 1.29 is 5.21 Å². The van der Waals surface area contributed by atoms with Crippen LogP contribution in [-0.2, 0) is 6.42 Å². The molecular weight excluding hydrogens is 210 g/mol. The third kappa shape index (κ3) is 3.30. The maximum atomic E-state index is 9.87. The van der Waals surface area contributed by atoms with Crippen LogP contribution in [0.4, 0.5) is 0 Å². The lowest BCUT2D eigenvalue weighted by atomic mass is 9.95. The topological polar surface area (TPSA) is 23.5 Å². The Kier molecular flexibility index (Phi) is 4.19. The summed E-state index contributed by atoms with van der Waals surface area (Å²) in [6, 6.07) is 8.97. The summed E-state index contributed by atoms with van der Waals surface area (Å²) in [5, 5.41) is 11.4. The van der Waals surface area contributed by atoms with E-state index in [2.05, 4.69) is 38.1 Å². The lowest BCUT2D eigenvalue weighted by Gasteiger charge is -2.30. The third-order valence-electron chi connectivity index (χ3n) is 3.48. The van der Waals surface area contributed by atoms with Crippen LogP contribution in [0.15, 0.2) is 24.3 Å². The van der Waals surface area contributed by atoms with Gasteiger partial charge in [-0.2, -0.15) is 5.06 Å². The Bertz CT molecular complexity index is 344. The van der Waals surface area contributed by atoms with Crippen LogP contribution in [0.3, 0.4) is 0 Å². The molecule has 17 heavy (non-hydrogen) atoms. The maximum Gasteiger partial charge on any atom is 0.0599 e. The number of nitrogens with zero attached hydrogens (tertiary/aromatic N) is 1. The number of piperidine rings is 1. The van der Waals surface area contributed by atoms with Crippen molar-refractivity contribution >= 4 is 0 Å². The van der Waals surface area contributed by atoms with Gasteiger partial charge in [-0.1, -0.05) is 44.5 Å². The predicted octanol–water partition coefficient (Wildman–Crippen LogP) is 3.80. The Morgan fingerprint density at radius 3 is 2.53 bits per heavy atom. The molecule has 1 fully saturated rings. The van der Waals surface area contributed by atoms with E-state index in [1.165, 1.54) is 22.6 Å². The highest BCUT2D eigenvalue weighted by molar-refractivity contribution is 5.25. The number of benzene rings is 1. The molecule has 1 aliphatic rings. The van der Waals surface area contributed by atoms with E-state index >= 15 is 0 Å². The van der Waals surface area contributed by atoms with Crippen molar-refractivity contribution in [2.45, 2.75) is 45.6 Å². The number of hydroxylamine groups is 2. The molecule has 1 atom stereocenters. The van der Waals surface area contributed by atoms with Gasteiger partial charge in [-0.25, -0.2) is 0 Å². The largest absolute Gasteiger partial charge is 0.313 e. The van der Waals surface area contributed by atoms with Crippen LogP contribution in [0.2, 0.25) is 0 Å². The van der Waals surface area contributed by atoms with Crippen molar-refractivity contribution in [1.29, 1.82) is 0 Å². The first kappa shape index (κ1) is 12.6. The second-order valence-corrected chi connectivity index (χ2v) is 5.51. The van der Waals surface area contributed by atoms with Gasteiger partial charge in [0.05, 0.1) is 6.04 Å². The molecule has 0 spiro atoms. The summed E-state index contributed by atoms with van der Waals surface area (Å²) in [5.74, 6) is 0.699. The molecule has 0 aliphatic carbocycles. The first-order valence-corrected chi connectivity index (χ1v) is 6.71. The van der Waals surface area contributed by atoms with E-state index in [0.717, 1.165) is 25.8 Å². The summed E-state index contributed by atoms with van der Waals surface area (Å²) < 4.78 is 0. The van der Waals surface area contributed by atoms with E-state index in [9.17, 15) is 5.21 Å². The Balaban J connectivity index is 2.06. The lowest BCUT2D eigenvalue weighted by Crippen LogP contribution is -2.30. The molecule has 2 heteroatoms. The fourth-order valence-electron chi connectivity index (χ4n) is 2.60. The fourth-order valence-corrected chi connectivity index (χ4v) is 2.60. The van der Waals surface area contributed by atoms with Gasteiger partial charge in [0.1, 0.15) is 0 Å². The van der Waals surface area contributed by atoms with Crippen LogP contribution < -0.4 is 0 Å². The standard InChI is InChI=1S/C15H23NO/c1-12(2)11-13-6-8-14(9-7-13)15-5-3-4-10-16(15)17/h6-9,12,15,17H,3-5,10-11H2,1-2H3. The van der Waals surface area contributed by atoms with Crippen molar-refractivity contribution in [1.82, 2.24) is 5.06 Å². The van der Waals surface area contributed by atoms with Gasteiger partial charge in [0.2, 0.25) is 0 Å². The quantitative estimate of drug-likeness (QED) is 0.858. The van der Waals surface area contributed by atoms with Crippen LogP contribution in [0.25, 0.3) is 0 Å². The highest BCUT2D eigenvalue weighted by Crippen LogP contribution is 2.29. The zero-order valence-electron chi connectivity index (χ0n) is 10.9. The van der Waals surface area contributed by atoms with Crippen molar-refractivity contribution in [3.05, 3.63) is 35.4 Å². The minimum Gasteiger partial charge on any atom is -0.313 e. The molecule has 94 valence electrons. The molecule has 1 heterocycles. The first-order valence-electron chi connectivity index (χ1n) is 6.71. The third-order valence-corrected chi connectivity index (χ3v) is 3.48. The minimum absolute atomic E-state index is 0.205. The second kappa shape index (κ2) is 5.65. The van der Waals surface area contributed by atoms with E-state index in [-0.39, 0.29) is 6.04 Å².